The van der Waals surface area contributed by atoms with Crippen molar-refractivity contribution >= 4 is 34.7 Å². The van der Waals surface area contributed by atoms with Crippen LogP contribution in [0.5, 0.6) is 0 Å². The smallest absolute Gasteiger partial charge is 0.274 e. The van der Waals surface area contributed by atoms with E-state index in [-0.39, 0.29) is 17.5 Å². The summed E-state index contributed by atoms with van der Waals surface area (Å²) in [6.45, 7) is 5.71. The maximum atomic E-state index is 12.6. The van der Waals surface area contributed by atoms with E-state index >= 15 is 0 Å². The third kappa shape index (κ3) is 5.62. The highest BCUT2D eigenvalue weighted by atomic mass is 16.2. The van der Waals surface area contributed by atoms with Crippen LogP contribution in [0.4, 0.5) is 22.9 Å². The van der Waals surface area contributed by atoms with Gasteiger partial charge in [0.25, 0.3) is 5.91 Å². The molecule has 0 aliphatic carbocycles. The highest BCUT2D eigenvalue weighted by Gasteiger charge is 2.10. The molecule has 0 saturated carbocycles. The topological polar surface area (TPSA) is 96.0 Å². The van der Waals surface area contributed by atoms with Crippen molar-refractivity contribution in [2.24, 2.45) is 0 Å². The zero-order valence-corrected chi connectivity index (χ0v) is 16.6. The minimum atomic E-state index is -0.370. The first-order valence-corrected chi connectivity index (χ1v) is 9.29. The second-order valence-corrected chi connectivity index (χ2v) is 6.91. The molecule has 3 N–H and O–H groups in total. The molecule has 3 aromatic rings. The molecule has 7 nitrogen and oxygen atoms in total. The quantitative estimate of drug-likeness (QED) is 0.575. The molecule has 148 valence electrons. The lowest BCUT2D eigenvalue weighted by molar-refractivity contribution is -0.114. The summed E-state index contributed by atoms with van der Waals surface area (Å²) in [7, 11) is 0. The van der Waals surface area contributed by atoms with Crippen molar-refractivity contribution in [1.82, 2.24) is 9.97 Å². The Labute approximate surface area is 169 Å². The van der Waals surface area contributed by atoms with Crippen molar-refractivity contribution < 1.29 is 9.59 Å². The normalized spacial score (nSPS) is 10.5. The van der Waals surface area contributed by atoms with E-state index in [4.69, 9.17) is 0 Å². The van der Waals surface area contributed by atoms with Gasteiger partial charge >= 0.3 is 0 Å². The molecule has 29 heavy (non-hydrogen) atoms. The fourth-order valence-corrected chi connectivity index (χ4v) is 2.72. The molecule has 0 unspecified atom stereocenters. The third-order valence-corrected chi connectivity index (χ3v) is 4.19. The van der Waals surface area contributed by atoms with Crippen LogP contribution in [0.1, 0.15) is 42.7 Å². The van der Waals surface area contributed by atoms with Crippen LogP contribution in [0.3, 0.4) is 0 Å². The number of hydrogen-bond acceptors (Lipinski definition) is 5. The minimum absolute atomic E-state index is 0.179. The molecule has 3 rings (SSSR count). The van der Waals surface area contributed by atoms with E-state index in [9.17, 15) is 9.59 Å². The minimum Gasteiger partial charge on any atom is -0.340 e. The van der Waals surface area contributed by atoms with Gasteiger partial charge in [-0.05, 0) is 41.8 Å². The molecule has 1 heterocycles. The van der Waals surface area contributed by atoms with Crippen LogP contribution in [-0.4, -0.2) is 21.8 Å². The number of aromatic nitrogens is 2. The van der Waals surface area contributed by atoms with E-state index in [2.05, 4.69) is 51.9 Å². The molecular weight excluding hydrogens is 366 g/mol. The molecule has 0 atom stereocenters. The first-order chi connectivity index (χ1) is 13.9. The van der Waals surface area contributed by atoms with Gasteiger partial charge in [0, 0.05) is 30.1 Å². The molecule has 0 saturated heterocycles. The maximum absolute atomic E-state index is 12.6. The van der Waals surface area contributed by atoms with Crippen LogP contribution >= 0.6 is 0 Å². The van der Waals surface area contributed by atoms with Crippen molar-refractivity contribution in [2.75, 3.05) is 16.0 Å². The van der Waals surface area contributed by atoms with Crippen molar-refractivity contribution in [3.8, 4) is 0 Å². The standard InChI is InChI=1S/C22H23N5O2/c1-14(2)16-7-9-17(10-8-16)26-21-12-20(23-13-24-21)22(29)27-19-6-4-5-18(11-19)25-15(3)28/h4-14H,1-3H3,(H,25,28)(H,27,29)(H,23,24,26). The number of rotatable bonds is 6. The van der Waals surface area contributed by atoms with Crippen LogP contribution in [0.25, 0.3) is 0 Å². The fraction of sp³-hybridized carbons (Fsp3) is 0.182. The zero-order valence-electron chi connectivity index (χ0n) is 16.6. The van der Waals surface area contributed by atoms with E-state index in [0.717, 1.165) is 5.69 Å². The number of nitrogens with one attached hydrogen (secondary N) is 3. The van der Waals surface area contributed by atoms with E-state index in [1.807, 2.05) is 12.1 Å². The van der Waals surface area contributed by atoms with E-state index in [0.29, 0.717) is 23.1 Å². The van der Waals surface area contributed by atoms with Crippen LogP contribution in [0.2, 0.25) is 0 Å². The zero-order chi connectivity index (χ0) is 20.8. The number of benzene rings is 2. The van der Waals surface area contributed by atoms with Crippen molar-refractivity contribution in [3.05, 3.63) is 72.2 Å². The number of carbonyl (C=O) groups excluding carboxylic acids is 2. The Morgan fingerprint density at radius 2 is 1.55 bits per heavy atom. The number of nitrogens with zero attached hydrogens (tertiary/aromatic N) is 2. The molecule has 7 heteroatoms. The van der Waals surface area contributed by atoms with Crippen molar-refractivity contribution in [3.63, 3.8) is 0 Å². The Hall–Kier alpha value is -3.74. The summed E-state index contributed by atoms with van der Waals surface area (Å²) in [5, 5.41) is 8.64. The van der Waals surface area contributed by atoms with E-state index in [1.54, 1.807) is 30.3 Å². The van der Waals surface area contributed by atoms with Crippen LogP contribution in [0.15, 0.2) is 60.9 Å². The van der Waals surface area contributed by atoms with E-state index < -0.39 is 0 Å². The predicted octanol–water partition coefficient (Wildman–Crippen LogP) is 4.55. The Bertz CT molecular complexity index is 1020. The monoisotopic (exact) mass is 389 g/mol. The summed E-state index contributed by atoms with van der Waals surface area (Å²) in [6, 6.07) is 16.6. The van der Waals surface area contributed by atoms with Gasteiger partial charge < -0.3 is 16.0 Å². The summed E-state index contributed by atoms with van der Waals surface area (Å²) in [4.78, 5) is 32.0. The van der Waals surface area contributed by atoms with Gasteiger partial charge in [-0.15, -0.1) is 0 Å². The summed E-state index contributed by atoms with van der Waals surface area (Å²) < 4.78 is 0. The second-order valence-electron chi connectivity index (χ2n) is 6.91. The predicted molar refractivity (Wildman–Crippen MR) is 115 cm³/mol. The Morgan fingerprint density at radius 1 is 0.862 bits per heavy atom. The third-order valence-electron chi connectivity index (χ3n) is 4.19. The van der Waals surface area contributed by atoms with Gasteiger partial charge in [0.15, 0.2) is 0 Å². The number of hydrogen-bond donors (Lipinski definition) is 3. The number of anilines is 4. The van der Waals surface area contributed by atoms with Crippen molar-refractivity contribution in [2.45, 2.75) is 26.7 Å². The van der Waals surface area contributed by atoms with E-state index in [1.165, 1.54) is 18.8 Å². The Morgan fingerprint density at radius 3 is 2.21 bits per heavy atom. The largest absolute Gasteiger partial charge is 0.340 e. The molecule has 1 aromatic heterocycles. The molecule has 0 spiro atoms. The van der Waals surface area contributed by atoms with Gasteiger partial charge in [-0.2, -0.15) is 0 Å². The summed E-state index contributed by atoms with van der Waals surface area (Å²) in [5.74, 6) is 0.434. The van der Waals surface area contributed by atoms with Crippen molar-refractivity contribution in [1.29, 1.82) is 0 Å². The first-order valence-electron chi connectivity index (χ1n) is 9.29. The molecule has 0 bridgehead atoms. The summed E-state index contributed by atoms with van der Waals surface area (Å²) in [6.07, 6.45) is 1.34. The Kier molecular flexibility index (Phi) is 6.19. The lowest BCUT2D eigenvalue weighted by Crippen LogP contribution is -2.14. The van der Waals surface area contributed by atoms with Gasteiger partial charge in [0.1, 0.15) is 17.8 Å². The average Bonchev–Trinajstić information content (AvgIpc) is 2.68. The molecule has 0 fully saturated rings. The molecule has 0 aliphatic heterocycles. The average molecular weight is 389 g/mol. The molecule has 0 aliphatic rings. The maximum Gasteiger partial charge on any atom is 0.274 e. The van der Waals surface area contributed by atoms with Gasteiger partial charge in [-0.3, -0.25) is 9.59 Å². The fourth-order valence-electron chi connectivity index (χ4n) is 2.72. The first kappa shape index (κ1) is 20.0. The number of carbonyl (C=O) groups is 2. The van der Waals surface area contributed by atoms with Gasteiger partial charge in [0.05, 0.1) is 0 Å². The second kappa shape index (κ2) is 8.97. The van der Waals surface area contributed by atoms with Crippen LogP contribution in [-0.2, 0) is 4.79 Å². The summed E-state index contributed by atoms with van der Waals surface area (Å²) in [5.41, 5.74) is 3.51. The van der Waals surface area contributed by atoms with Gasteiger partial charge in [-0.1, -0.05) is 32.0 Å². The SMILES string of the molecule is CC(=O)Nc1cccc(NC(=O)c2cc(Nc3ccc(C(C)C)cc3)ncn2)c1. The highest BCUT2D eigenvalue weighted by molar-refractivity contribution is 6.03. The Balaban J connectivity index is 1.70. The van der Waals surface area contributed by atoms with Gasteiger partial charge in [0.2, 0.25) is 5.91 Å². The molecular formula is C22H23N5O2. The van der Waals surface area contributed by atoms with Crippen LogP contribution < -0.4 is 16.0 Å². The molecule has 2 amide bonds. The molecule has 0 radical (unpaired) electrons. The van der Waals surface area contributed by atoms with Gasteiger partial charge in [-0.25, -0.2) is 9.97 Å². The highest BCUT2D eigenvalue weighted by Crippen LogP contribution is 2.20. The molecule has 2 aromatic carbocycles. The lowest BCUT2D eigenvalue weighted by Gasteiger charge is -2.10. The number of amides is 2. The van der Waals surface area contributed by atoms with Crippen LogP contribution in [0, 0.1) is 0 Å². The summed E-state index contributed by atoms with van der Waals surface area (Å²) >= 11 is 0. The lowest BCUT2D eigenvalue weighted by atomic mass is 10.0.